The van der Waals surface area contributed by atoms with Crippen LogP contribution in [0.15, 0.2) is 22.9 Å². The second kappa shape index (κ2) is 5.15. The van der Waals surface area contributed by atoms with Crippen molar-refractivity contribution in [2.75, 3.05) is 5.43 Å². The predicted molar refractivity (Wildman–Crippen MR) is 70.2 cm³/mol. The maximum absolute atomic E-state index is 4.16. The lowest BCUT2D eigenvalue weighted by molar-refractivity contribution is 0.135. The van der Waals surface area contributed by atoms with Gasteiger partial charge in [-0.1, -0.05) is 6.42 Å². The number of nitrogens with one attached hydrogen (secondary N) is 1. The first-order valence-electron chi connectivity index (χ1n) is 5.82. The maximum atomic E-state index is 4.16. The van der Waals surface area contributed by atoms with Crippen LogP contribution in [0, 0.1) is 0 Å². The van der Waals surface area contributed by atoms with Crippen LogP contribution in [0.4, 0.5) is 5.69 Å². The second-order valence-electron chi connectivity index (χ2n) is 4.54. The third-order valence-corrected chi connectivity index (χ3v) is 3.59. The lowest BCUT2D eigenvalue weighted by Crippen LogP contribution is -2.47. The van der Waals surface area contributed by atoms with Gasteiger partial charge in [0, 0.05) is 22.8 Å². The number of piperidine rings is 1. The van der Waals surface area contributed by atoms with Crippen molar-refractivity contribution in [1.82, 2.24) is 9.99 Å². The molecule has 88 valence electrons. The summed E-state index contributed by atoms with van der Waals surface area (Å²) in [6.07, 6.45) is 7.52. The number of pyridine rings is 1. The minimum atomic E-state index is 0.586. The van der Waals surface area contributed by atoms with E-state index >= 15 is 0 Å². The van der Waals surface area contributed by atoms with Crippen LogP contribution >= 0.6 is 15.9 Å². The highest BCUT2D eigenvalue weighted by Gasteiger charge is 2.24. The molecule has 2 heterocycles. The Morgan fingerprint density at radius 3 is 2.62 bits per heavy atom. The third-order valence-electron chi connectivity index (χ3n) is 3.16. The first-order valence-corrected chi connectivity index (χ1v) is 6.61. The van der Waals surface area contributed by atoms with Crippen LogP contribution < -0.4 is 5.43 Å². The summed E-state index contributed by atoms with van der Waals surface area (Å²) in [4.78, 5) is 4.16. The Balaban J connectivity index is 2.07. The lowest BCUT2D eigenvalue weighted by Gasteiger charge is -2.39. The van der Waals surface area contributed by atoms with Crippen LogP contribution in [0.2, 0.25) is 0 Å². The summed E-state index contributed by atoms with van der Waals surface area (Å²) in [5.74, 6) is 0. The SMILES string of the molecule is CC1CCCC(C)N1Nc1cncc(Br)c1. The smallest absolute Gasteiger partial charge is 0.0684 e. The highest BCUT2D eigenvalue weighted by atomic mass is 79.9. The zero-order valence-corrected chi connectivity index (χ0v) is 11.4. The van der Waals surface area contributed by atoms with Crippen LogP contribution in [0.25, 0.3) is 0 Å². The average molecular weight is 284 g/mol. The molecule has 0 saturated carbocycles. The second-order valence-corrected chi connectivity index (χ2v) is 5.46. The first-order chi connectivity index (χ1) is 7.66. The van der Waals surface area contributed by atoms with Gasteiger partial charge >= 0.3 is 0 Å². The van der Waals surface area contributed by atoms with Gasteiger partial charge in [-0.2, -0.15) is 0 Å². The maximum Gasteiger partial charge on any atom is 0.0684 e. The molecule has 0 aliphatic carbocycles. The molecule has 0 aromatic carbocycles. The molecule has 0 spiro atoms. The summed E-state index contributed by atoms with van der Waals surface area (Å²) >= 11 is 3.44. The quantitative estimate of drug-likeness (QED) is 0.901. The largest absolute Gasteiger partial charge is 0.317 e. The van der Waals surface area contributed by atoms with E-state index < -0.39 is 0 Å². The molecule has 16 heavy (non-hydrogen) atoms. The van der Waals surface area contributed by atoms with Gasteiger partial charge in [-0.25, -0.2) is 5.01 Å². The van der Waals surface area contributed by atoms with Crippen molar-refractivity contribution in [3.05, 3.63) is 22.9 Å². The fourth-order valence-corrected chi connectivity index (χ4v) is 2.63. The predicted octanol–water partition coefficient (Wildman–Crippen LogP) is 3.43. The summed E-state index contributed by atoms with van der Waals surface area (Å²) in [5, 5.41) is 2.34. The topological polar surface area (TPSA) is 28.2 Å². The minimum Gasteiger partial charge on any atom is -0.317 e. The van der Waals surface area contributed by atoms with Crippen molar-refractivity contribution >= 4 is 21.6 Å². The molecule has 1 fully saturated rings. The van der Waals surface area contributed by atoms with Crippen LogP contribution in [0.1, 0.15) is 33.1 Å². The van der Waals surface area contributed by atoms with E-state index in [2.05, 4.69) is 51.3 Å². The molecule has 2 atom stereocenters. The van der Waals surface area contributed by atoms with E-state index in [4.69, 9.17) is 0 Å². The van der Waals surface area contributed by atoms with Crippen LogP contribution in [-0.2, 0) is 0 Å². The minimum absolute atomic E-state index is 0.586. The number of hydrogen-bond acceptors (Lipinski definition) is 3. The highest BCUT2D eigenvalue weighted by molar-refractivity contribution is 9.10. The van der Waals surface area contributed by atoms with Gasteiger partial charge in [-0.05, 0) is 48.7 Å². The fourth-order valence-electron chi connectivity index (χ4n) is 2.26. The van der Waals surface area contributed by atoms with Gasteiger partial charge in [0.05, 0.1) is 11.9 Å². The Bertz CT molecular complexity index is 346. The van der Waals surface area contributed by atoms with Gasteiger partial charge in [0.1, 0.15) is 0 Å². The van der Waals surface area contributed by atoms with Gasteiger partial charge in [-0.3, -0.25) is 4.98 Å². The zero-order chi connectivity index (χ0) is 11.5. The lowest BCUT2D eigenvalue weighted by atomic mass is 10.00. The van der Waals surface area contributed by atoms with Crippen molar-refractivity contribution in [3.63, 3.8) is 0 Å². The summed E-state index contributed by atoms with van der Waals surface area (Å²) < 4.78 is 1.01. The van der Waals surface area contributed by atoms with Crippen LogP contribution in [0.3, 0.4) is 0 Å². The van der Waals surface area contributed by atoms with E-state index in [1.54, 1.807) is 6.20 Å². The molecule has 0 bridgehead atoms. The number of rotatable bonds is 2. The molecule has 3 nitrogen and oxygen atoms in total. The Morgan fingerprint density at radius 1 is 1.31 bits per heavy atom. The standard InChI is InChI=1S/C12H18BrN3/c1-9-4-3-5-10(2)16(9)15-12-6-11(13)7-14-8-12/h6-10,15H,3-5H2,1-2H3. The van der Waals surface area contributed by atoms with E-state index in [9.17, 15) is 0 Å². The van der Waals surface area contributed by atoms with Gasteiger partial charge in [0.2, 0.25) is 0 Å². The van der Waals surface area contributed by atoms with E-state index in [1.807, 2.05) is 6.20 Å². The number of hydrogen-bond donors (Lipinski definition) is 1. The van der Waals surface area contributed by atoms with E-state index in [1.165, 1.54) is 19.3 Å². The monoisotopic (exact) mass is 283 g/mol. The highest BCUT2D eigenvalue weighted by Crippen LogP contribution is 2.24. The Labute approximate surface area is 105 Å². The van der Waals surface area contributed by atoms with Crippen molar-refractivity contribution in [1.29, 1.82) is 0 Å². The van der Waals surface area contributed by atoms with Gasteiger partial charge in [0.25, 0.3) is 0 Å². The Kier molecular flexibility index (Phi) is 3.82. The van der Waals surface area contributed by atoms with E-state index in [0.29, 0.717) is 12.1 Å². The summed E-state index contributed by atoms with van der Waals surface area (Å²) in [6, 6.07) is 3.23. The van der Waals surface area contributed by atoms with Gasteiger partial charge < -0.3 is 5.43 Å². The number of halogens is 1. The molecule has 4 heteroatoms. The molecule has 2 unspecified atom stereocenters. The molecule has 2 rings (SSSR count). The summed E-state index contributed by atoms with van der Waals surface area (Å²) in [5.41, 5.74) is 4.51. The average Bonchev–Trinajstić information content (AvgIpc) is 2.24. The summed E-state index contributed by atoms with van der Waals surface area (Å²) in [7, 11) is 0. The van der Waals surface area contributed by atoms with E-state index in [0.717, 1.165) is 10.2 Å². The Morgan fingerprint density at radius 2 is 2.00 bits per heavy atom. The Hall–Kier alpha value is -0.610. The normalized spacial score (nSPS) is 26.7. The molecule has 1 saturated heterocycles. The zero-order valence-electron chi connectivity index (χ0n) is 9.78. The molecular weight excluding hydrogens is 266 g/mol. The van der Waals surface area contributed by atoms with Crippen molar-refractivity contribution < 1.29 is 0 Å². The van der Waals surface area contributed by atoms with Crippen molar-refractivity contribution in [2.24, 2.45) is 0 Å². The fraction of sp³-hybridized carbons (Fsp3) is 0.583. The molecule has 0 radical (unpaired) electrons. The first kappa shape index (κ1) is 11.9. The van der Waals surface area contributed by atoms with Crippen molar-refractivity contribution in [3.8, 4) is 0 Å². The number of aromatic nitrogens is 1. The molecule has 0 amide bonds. The molecule has 1 aliphatic rings. The molecular formula is C12H18BrN3. The number of nitrogens with zero attached hydrogens (tertiary/aromatic N) is 2. The van der Waals surface area contributed by atoms with Crippen LogP contribution in [0.5, 0.6) is 0 Å². The van der Waals surface area contributed by atoms with Crippen molar-refractivity contribution in [2.45, 2.75) is 45.2 Å². The van der Waals surface area contributed by atoms with E-state index in [-0.39, 0.29) is 0 Å². The summed E-state index contributed by atoms with van der Waals surface area (Å²) in [6.45, 7) is 4.54. The molecule has 1 aliphatic heterocycles. The molecule has 1 aromatic heterocycles. The van der Waals surface area contributed by atoms with Crippen LogP contribution in [-0.4, -0.2) is 22.1 Å². The number of hydrazine groups is 1. The third kappa shape index (κ3) is 2.74. The number of anilines is 1. The van der Waals surface area contributed by atoms with Gasteiger partial charge in [0.15, 0.2) is 0 Å². The molecule has 1 N–H and O–H groups in total. The van der Waals surface area contributed by atoms with Gasteiger partial charge in [-0.15, -0.1) is 0 Å². The molecule has 1 aromatic rings.